The van der Waals surface area contributed by atoms with Gasteiger partial charge in [-0.05, 0) is 32.8 Å². The number of aromatic nitrogens is 2. The highest BCUT2D eigenvalue weighted by Gasteiger charge is 2.37. The lowest BCUT2D eigenvalue weighted by Crippen LogP contribution is -2.66. The van der Waals surface area contributed by atoms with E-state index in [9.17, 15) is 14.0 Å². The zero-order valence-electron chi connectivity index (χ0n) is 13.7. The van der Waals surface area contributed by atoms with Crippen LogP contribution in [0.1, 0.15) is 43.1 Å². The summed E-state index contributed by atoms with van der Waals surface area (Å²) in [6.07, 6.45) is 3.51. The lowest BCUT2D eigenvalue weighted by atomic mass is 9.94. The monoisotopic (exact) mass is 330 g/mol. The SMILES string of the molecule is CC(=O)c1cn(C2CC2)c2nc(N3CC(C)(N)C3)c(F)cc2c1=O. The van der Waals surface area contributed by atoms with Crippen LogP contribution in [-0.2, 0) is 0 Å². The number of anilines is 1. The van der Waals surface area contributed by atoms with Crippen molar-refractivity contribution in [2.45, 2.75) is 38.3 Å². The Kier molecular flexibility index (Phi) is 3.09. The van der Waals surface area contributed by atoms with E-state index in [1.807, 2.05) is 11.5 Å². The van der Waals surface area contributed by atoms with Crippen molar-refractivity contribution in [2.75, 3.05) is 18.0 Å². The quantitative estimate of drug-likeness (QED) is 0.865. The summed E-state index contributed by atoms with van der Waals surface area (Å²) in [6, 6.07) is 1.42. The second-order valence-corrected chi connectivity index (χ2v) is 7.24. The Bertz CT molecular complexity index is 922. The molecule has 0 bridgehead atoms. The van der Waals surface area contributed by atoms with Crippen LogP contribution in [0.15, 0.2) is 17.1 Å². The maximum atomic E-state index is 14.5. The molecule has 1 aliphatic carbocycles. The maximum absolute atomic E-state index is 14.5. The predicted molar refractivity (Wildman–Crippen MR) is 89.0 cm³/mol. The van der Waals surface area contributed by atoms with Gasteiger partial charge in [-0.1, -0.05) is 0 Å². The molecule has 0 amide bonds. The molecule has 2 aromatic rings. The number of hydrogen-bond acceptors (Lipinski definition) is 5. The van der Waals surface area contributed by atoms with Gasteiger partial charge in [-0.25, -0.2) is 9.37 Å². The molecule has 24 heavy (non-hydrogen) atoms. The first kappa shape index (κ1) is 15.3. The van der Waals surface area contributed by atoms with Crippen molar-refractivity contribution in [3.63, 3.8) is 0 Å². The second-order valence-electron chi connectivity index (χ2n) is 7.24. The molecule has 2 aliphatic rings. The molecule has 0 atom stereocenters. The van der Waals surface area contributed by atoms with E-state index in [0.717, 1.165) is 12.8 Å². The van der Waals surface area contributed by atoms with E-state index in [0.29, 0.717) is 18.7 Å². The molecule has 0 radical (unpaired) electrons. The fraction of sp³-hybridized carbons (Fsp3) is 0.471. The van der Waals surface area contributed by atoms with Crippen molar-refractivity contribution in [3.05, 3.63) is 33.9 Å². The van der Waals surface area contributed by atoms with E-state index in [2.05, 4.69) is 4.98 Å². The van der Waals surface area contributed by atoms with E-state index in [1.54, 1.807) is 11.1 Å². The Morgan fingerprint density at radius 3 is 2.62 bits per heavy atom. The summed E-state index contributed by atoms with van der Waals surface area (Å²) in [6.45, 7) is 4.28. The van der Waals surface area contributed by atoms with E-state index in [-0.39, 0.29) is 34.1 Å². The van der Waals surface area contributed by atoms with E-state index < -0.39 is 11.2 Å². The Hall–Kier alpha value is -2.28. The molecule has 0 unspecified atom stereocenters. The first-order chi connectivity index (χ1) is 11.3. The van der Waals surface area contributed by atoms with Gasteiger partial charge in [-0.15, -0.1) is 0 Å². The van der Waals surface area contributed by atoms with Gasteiger partial charge in [0.15, 0.2) is 17.4 Å². The van der Waals surface area contributed by atoms with Crippen LogP contribution in [0.2, 0.25) is 0 Å². The number of carbonyl (C=O) groups is 1. The van der Waals surface area contributed by atoms with Gasteiger partial charge in [-0.2, -0.15) is 0 Å². The van der Waals surface area contributed by atoms with Crippen molar-refractivity contribution in [2.24, 2.45) is 5.73 Å². The number of halogens is 1. The second kappa shape index (κ2) is 4.86. The van der Waals surface area contributed by atoms with Gasteiger partial charge in [0.1, 0.15) is 5.65 Å². The number of fused-ring (bicyclic) bond motifs is 1. The third-order valence-electron chi connectivity index (χ3n) is 4.66. The highest BCUT2D eigenvalue weighted by atomic mass is 19.1. The first-order valence-corrected chi connectivity index (χ1v) is 8.07. The molecule has 6 nitrogen and oxygen atoms in total. The fourth-order valence-corrected chi connectivity index (χ4v) is 3.32. The molecule has 2 fully saturated rings. The van der Waals surface area contributed by atoms with Crippen molar-refractivity contribution in [1.82, 2.24) is 9.55 Å². The number of Topliss-reactive ketones (excluding diaryl/α,β-unsaturated/α-hetero) is 1. The van der Waals surface area contributed by atoms with Crippen LogP contribution < -0.4 is 16.1 Å². The van der Waals surface area contributed by atoms with Crippen LogP contribution in [0.25, 0.3) is 11.0 Å². The third kappa shape index (κ3) is 2.31. The average molecular weight is 330 g/mol. The zero-order chi connectivity index (χ0) is 17.2. The van der Waals surface area contributed by atoms with Crippen molar-refractivity contribution < 1.29 is 9.18 Å². The van der Waals surface area contributed by atoms with Crippen LogP contribution in [0.5, 0.6) is 0 Å². The van der Waals surface area contributed by atoms with Gasteiger partial charge >= 0.3 is 0 Å². The van der Waals surface area contributed by atoms with E-state index in [1.165, 1.54) is 13.0 Å². The van der Waals surface area contributed by atoms with Crippen molar-refractivity contribution in [1.29, 1.82) is 0 Å². The number of pyridine rings is 2. The minimum absolute atomic E-state index is 0.0850. The molecule has 2 aromatic heterocycles. The van der Waals surface area contributed by atoms with E-state index >= 15 is 0 Å². The lowest BCUT2D eigenvalue weighted by Gasteiger charge is -2.46. The maximum Gasteiger partial charge on any atom is 0.201 e. The van der Waals surface area contributed by atoms with Gasteiger partial charge in [0.2, 0.25) is 5.43 Å². The van der Waals surface area contributed by atoms with Crippen LogP contribution >= 0.6 is 0 Å². The number of nitrogens with zero attached hydrogens (tertiary/aromatic N) is 3. The number of hydrogen-bond donors (Lipinski definition) is 1. The molecule has 3 heterocycles. The Labute approximate surface area is 138 Å². The van der Waals surface area contributed by atoms with Gasteiger partial charge in [-0.3, -0.25) is 9.59 Å². The average Bonchev–Trinajstić information content (AvgIpc) is 3.29. The Balaban J connectivity index is 1.93. The van der Waals surface area contributed by atoms with Crippen LogP contribution in [0.3, 0.4) is 0 Å². The summed E-state index contributed by atoms with van der Waals surface area (Å²) in [5.74, 6) is -0.657. The smallest absolute Gasteiger partial charge is 0.201 e. The minimum atomic E-state index is -0.557. The number of rotatable bonds is 3. The topological polar surface area (TPSA) is 81.2 Å². The molecule has 1 saturated carbocycles. The van der Waals surface area contributed by atoms with Gasteiger partial charge in [0, 0.05) is 30.9 Å². The summed E-state index contributed by atoms with van der Waals surface area (Å²) in [7, 11) is 0. The number of carbonyl (C=O) groups excluding carboxylic acids is 1. The summed E-state index contributed by atoms with van der Waals surface area (Å²) in [4.78, 5) is 30.5. The molecule has 0 aromatic carbocycles. The molecule has 4 rings (SSSR count). The largest absolute Gasteiger partial charge is 0.350 e. The summed E-state index contributed by atoms with van der Waals surface area (Å²) < 4.78 is 16.4. The van der Waals surface area contributed by atoms with Crippen LogP contribution in [-0.4, -0.2) is 34.0 Å². The normalized spacial score (nSPS) is 19.4. The Morgan fingerprint density at radius 2 is 2.08 bits per heavy atom. The molecule has 1 aliphatic heterocycles. The van der Waals surface area contributed by atoms with Crippen molar-refractivity contribution in [3.8, 4) is 0 Å². The minimum Gasteiger partial charge on any atom is -0.350 e. The molecular weight excluding hydrogens is 311 g/mol. The molecular formula is C17H19FN4O2. The Morgan fingerprint density at radius 1 is 1.42 bits per heavy atom. The summed E-state index contributed by atoms with van der Waals surface area (Å²) >= 11 is 0. The van der Waals surface area contributed by atoms with Gasteiger partial charge in [0.25, 0.3) is 0 Å². The highest BCUT2D eigenvalue weighted by Crippen LogP contribution is 2.37. The van der Waals surface area contributed by atoms with Crippen LogP contribution in [0.4, 0.5) is 10.2 Å². The number of ketones is 1. The van der Waals surface area contributed by atoms with Gasteiger partial charge in [0.05, 0.1) is 10.9 Å². The first-order valence-electron chi connectivity index (χ1n) is 8.07. The summed E-state index contributed by atoms with van der Waals surface area (Å²) in [5.41, 5.74) is 5.71. The van der Waals surface area contributed by atoms with Gasteiger partial charge < -0.3 is 15.2 Å². The molecule has 126 valence electrons. The highest BCUT2D eigenvalue weighted by molar-refractivity contribution is 5.97. The third-order valence-corrected chi connectivity index (χ3v) is 4.66. The predicted octanol–water partition coefficient (Wildman–Crippen LogP) is 1.61. The van der Waals surface area contributed by atoms with Crippen molar-refractivity contribution >= 4 is 22.6 Å². The van der Waals surface area contributed by atoms with Crippen LogP contribution in [0, 0.1) is 5.82 Å². The molecule has 0 spiro atoms. The molecule has 7 heteroatoms. The molecule has 2 N–H and O–H groups in total. The summed E-state index contributed by atoms with van der Waals surface area (Å²) in [5, 5.41) is 0.159. The standard InChI is InChI=1S/C17H19FN4O2/c1-9(23)12-6-22(10-3-4-10)15-11(14(12)24)5-13(18)16(20-15)21-7-17(2,19)8-21/h5-6,10H,3-4,7-8,19H2,1-2H3. The molecule has 1 saturated heterocycles. The van der Waals surface area contributed by atoms with E-state index in [4.69, 9.17) is 5.73 Å². The lowest BCUT2D eigenvalue weighted by molar-refractivity contribution is 0.101. The number of nitrogens with two attached hydrogens (primary N) is 1. The zero-order valence-corrected chi connectivity index (χ0v) is 13.7. The fourth-order valence-electron chi connectivity index (χ4n) is 3.32.